The molecule has 1 N–H and O–H groups in total. The molecule has 4 nitrogen and oxygen atoms in total. The molecule has 1 heterocycles. The standard InChI is InChI=1S/C27H36N2O2/c1-7-24(31)29-21-11-9-8-10-19(21)28-20-15-26(3,4)16-23(30)25(20)22(29)14-18-13-12-17(2)27(18,5)6/h8-12,18,22,28H,7,13-16H2,1-6H3/t18-,22+/m1/s1. The second-order valence-electron chi connectivity index (χ2n) is 10.9. The topological polar surface area (TPSA) is 49.4 Å². The lowest BCUT2D eigenvalue weighted by Crippen LogP contribution is -2.46. The molecule has 3 aliphatic rings. The van der Waals surface area contributed by atoms with E-state index in [1.165, 1.54) is 5.57 Å². The van der Waals surface area contributed by atoms with Gasteiger partial charge in [-0.25, -0.2) is 0 Å². The van der Waals surface area contributed by atoms with Crippen molar-refractivity contribution >= 4 is 23.1 Å². The Morgan fingerprint density at radius 3 is 2.52 bits per heavy atom. The van der Waals surface area contributed by atoms with Crippen LogP contribution in [0.2, 0.25) is 0 Å². The van der Waals surface area contributed by atoms with Crippen LogP contribution in [0.25, 0.3) is 0 Å². The number of carbonyl (C=O) groups is 2. The first-order valence-corrected chi connectivity index (χ1v) is 11.7. The van der Waals surface area contributed by atoms with Crippen molar-refractivity contribution < 1.29 is 9.59 Å². The van der Waals surface area contributed by atoms with Gasteiger partial charge in [-0.2, -0.15) is 0 Å². The van der Waals surface area contributed by atoms with Gasteiger partial charge < -0.3 is 10.2 Å². The van der Waals surface area contributed by atoms with E-state index in [1.54, 1.807) is 0 Å². The van der Waals surface area contributed by atoms with Crippen LogP contribution in [-0.2, 0) is 9.59 Å². The fraction of sp³-hybridized carbons (Fsp3) is 0.556. The number of carbonyl (C=O) groups excluding carboxylic acids is 2. The van der Waals surface area contributed by atoms with E-state index < -0.39 is 0 Å². The van der Waals surface area contributed by atoms with Crippen LogP contribution in [0.3, 0.4) is 0 Å². The average Bonchev–Trinajstić information content (AvgIpc) is 2.86. The van der Waals surface area contributed by atoms with Crippen LogP contribution in [0.4, 0.5) is 11.4 Å². The van der Waals surface area contributed by atoms with E-state index in [0.717, 1.165) is 41.9 Å². The minimum absolute atomic E-state index is 0.0674. The van der Waals surface area contributed by atoms with Crippen molar-refractivity contribution in [2.45, 2.75) is 79.7 Å². The molecule has 0 aromatic heterocycles. The average molecular weight is 421 g/mol. The van der Waals surface area contributed by atoms with Crippen LogP contribution in [0, 0.1) is 16.7 Å². The molecule has 4 rings (SSSR count). The maximum atomic E-state index is 13.6. The van der Waals surface area contributed by atoms with Gasteiger partial charge in [0, 0.05) is 24.1 Å². The van der Waals surface area contributed by atoms with Gasteiger partial charge in [-0.15, -0.1) is 0 Å². The van der Waals surface area contributed by atoms with Gasteiger partial charge in [0.1, 0.15) is 0 Å². The first-order valence-electron chi connectivity index (χ1n) is 11.7. The number of nitrogens with one attached hydrogen (secondary N) is 1. The molecule has 0 fully saturated rings. The van der Waals surface area contributed by atoms with Crippen molar-refractivity contribution in [3.63, 3.8) is 0 Å². The molecule has 166 valence electrons. The van der Waals surface area contributed by atoms with Crippen LogP contribution in [0.5, 0.6) is 0 Å². The predicted octanol–water partition coefficient (Wildman–Crippen LogP) is 6.25. The lowest BCUT2D eigenvalue weighted by Gasteiger charge is -2.40. The normalized spacial score (nSPS) is 26.6. The smallest absolute Gasteiger partial charge is 0.227 e. The van der Waals surface area contributed by atoms with Gasteiger partial charge in [-0.1, -0.05) is 58.4 Å². The Bertz CT molecular complexity index is 983. The Morgan fingerprint density at radius 2 is 1.87 bits per heavy atom. The third-order valence-electron chi connectivity index (χ3n) is 7.84. The van der Waals surface area contributed by atoms with Crippen LogP contribution in [-0.4, -0.2) is 17.7 Å². The largest absolute Gasteiger partial charge is 0.357 e. The molecule has 1 amide bonds. The summed E-state index contributed by atoms with van der Waals surface area (Å²) < 4.78 is 0. The highest BCUT2D eigenvalue weighted by molar-refractivity contribution is 6.06. The van der Waals surface area contributed by atoms with Gasteiger partial charge >= 0.3 is 0 Å². The van der Waals surface area contributed by atoms with E-state index >= 15 is 0 Å². The molecular formula is C27H36N2O2. The number of ketones is 1. The minimum Gasteiger partial charge on any atom is -0.357 e. The van der Waals surface area contributed by atoms with Gasteiger partial charge in [0.2, 0.25) is 5.91 Å². The van der Waals surface area contributed by atoms with Gasteiger partial charge in [-0.3, -0.25) is 9.59 Å². The van der Waals surface area contributed by atoms with E-state index in [1.807, 2.05) is 36.1 Å². The second kappa shape index (κ2) is 7.65. The summed E-state index contributed by atoms with van der Waals surface area (Å²) in [5.74, 6) is 0.656. The number of nitrogens with zero attached hydrogens (tertiary/aromatic N) is 1. The Labute approximate surface area is 186 Å². The second-order valence-corrected chi connectivity index (χ2v) is 10.9. The number of hydrogen-bond acceptors (Lipinski definition) is 3. The highest BCUT2D eigenvalue weighted by atomic mass is 16.2. The molecule has 1 aromatic carbocycles. The molecule has 0 unspecified atom stereocenters. The van der Waals surface area contributed by atoms with E-state index in [2.05, 4.69) is 46.0 Å². The molecule has 0 saturated carbocycles. The summed E-state index contributed by atoms with van der Waals surface area (Å²) in [5, 5.41) is 3.59. The molecule has 0 radical (unpaired) electrons. The minimum atomic E-state index is -0.231. The fourth-order valence-electron chi connectivity index (χ4n) is 5.64. The number of anilines is 2. The molecule has 1 aliphatic heterocycles. The summed E-state index contributed by atoms with van der Waals surface area (Å²) in [7, 11) is 0. The SMILES string of the molecule is CCC(=O)N1c2ccccc2NC2=C(C(=O)CC(C)(C)C2)[C@@H]1C[C@H]1CC=C(C)C1(C)C. The number of hydrogen-bond donors (Lipinski definition) is 1. The van der Waals surface area contributed by atoms with Crippen LogP contribution in [0.1, 0.15) is 73.6 Å². The Balaban J connectivity index is 1.87. The fourth-order valence-corrected chi connectivity index (χ4v) is 5.64. The molecule has 2 aliphatic carbocycles. The predicted molar refractivity (Wildman–Crippen MR) is 127 cm³/mol. The maximum Gasteiger partial charge on any atom is 0.227 e. The number of Topliss-reactive ketones (excluding diaryl/α,β-unsaturated/α-hetero) is 1. The van der Waals surface area contributed by atoms with Gasteiger partial charge in [0.15, 0.2) is 5.78 Å². The van der Waals surface area contributed by atoms with Crippen LogP contribution in [0.15, 0.2) is 47.2 Å². The van der Waals surface area contributed by atoms with Crippen molar-refractivity contribution in [2.75, 3.05) is 10.2 Å². The first kappa shape index (κ1) is 21.9. The lowest BCUT2D eigenvalue weighted by molar-refractivity contribution is -0.119. The monoisotopic (exact) mass is 420 g/mol. The van der Waals surface area contributed by atoms with E-state index in [4.69, 9.17) is 0 Å². The molecule has 2 atom stereocenters. The molecule has 0 saturated heterocycles. The van der Waals surface area contributed by atoms with Gasteiger partial charge in [0.05, 0.1) is 17.4 Å². The number of amides is 1. The van der Waals surface area contributed by atoms with Crippen LogP contribution >= 0.6 is 0 Å². The molecule has 0 spiro atoms. The summed E-state index contributed by atoms with van der Waals surface area (Å²) in [6.07, 6.45) is 5.89. The lowest BCUT2D eigenvalue weighted by atomic mass is 9.70. The Morgan fingerprint density at radius 1 is 1.16 bits per heavy atom. The molecular weight excluding hydrogens is 384 g/mol. The highest BCUT2D eigenvalue weighted by Crippen LogP contribution is 2.50. The van der Waals surface area contributed by atoms with E-state index in [0.29, 0.717) is 18.8 Å². The van der Waals surface area contributed by atoms with Crippen molar-refractivity contribution in [3.05, 3.63) is 47.2 Å². The molecule has 4 heteroatoms. The van der Waals surface area contributed by atoms with Crippen molar-refractivity contribution in [1.82, 2.24) is 0 Å². The van der Waals surface area contributed by atoms with E-state index in [9.17, 15) is 9.59 Å². The summed E-state index contributed by atoms with van der Waals surface area (Å²) in [4.78, 5) is 28.9. The molecule has 1 aromatic rings. The quantitative estimate of drug-likeness (QED) is 0.588. The van der Waals surface area contributed by atoms with Crippen molar-refractivity contribution in [1.29, 1.82) is 0 Å². The van der Waals surface area contributed by atoms with Gasteiger partial charge in [-0.05, 0) is 55.1 Å². The maximum absolute atomic E-state index is 13.6. The Hall–Kier alpha value is -2.36. The number of allylic oxidation sites excluding steroid dienone is 3. The van der Waals surface area contributed by atoms with Crippen LogP contribution < -0.4 is 10.2 Å². The van der Waals surface area contributed by atoms with E-state index in [-0.39, 0.29) is 28.6 Å². The zero-order chi connectivity index (χ0) is 22.6. The summed E-state index contributed by atoms with van der Waals surface area (Å²) in [5.41, 5.74) is 5.03. The zero-order valence-electron chi connectivity index (χ0n) is 19.8. The zero-order valence-corrected chi connectivity index (χ0v) is 19.8. The third kappa shape index (κ3) is 3.75. The number of benzene rings is 1. The number of para-hydroxylation sites is 2. The summed E-state index contributed by atoms with van der Waals surface area (Å²) in [6, 6.07) is 7.78. The highest BCUT2D eigenvalue weighted by Gasteiger charge is 2.45. The summed E-state index contributed by atoms with van der Waals surface area (Å²) in [6.45, 7) is 13.0. The summed E-state index contributed by atoms with van der Waals surface area (Å²) >= 11 is 0. The number of rotatable bonds is 3. The number of fused-ring (bicyclic) bond motifs is 1. The van der Waals surface area contributed by atoms with Crippen molar-refractivity contribution in [3.8, 4) is 0 Å². The molecule has 0 bridgehead atoms. The first-order chi connectivity index (χ1) is 14.5. The van der Waals surface area contributed by atoms with Gasteiger partial charge in [0.25, 0.3) is 0 Å². The third-order valence-corrected chi connectivity index (χ3v) is 7.84. The molecule has 31 heavy (non-hydrogen) atoms. The van der Waals surface area contributed by atoms with Crippen molar-refractivity contribution in [2.24, 2.45) is 16.7 Å². The Kier molecular flexibility index (Phi) is 5.39.